The number of fused-ring (bicyclic) bond motifs is 1. The molecule has 2 amide bonds. The summed E-state index contributed by atoms with van der Waals surface area (Å²) in [5.41, 5.74) is 1.83. The van der Waals surface area contributed by atoms with E-state index in [1.54, 1.807) is 0 Å². The Labute approximate surface area is 137 Å². The molecule has 22 heavy (non-hydrogen) atoms. The Balaban J connectivity index is 1.63. The van der Waals surface area contributed by atoms with Gasteiger partial charge in [0.05, 0.1) is 0 Å². The summed E-state index contributed by atoms with van der Waals surface area (Å²) >= 11 is 3.42. The number of halogens is 1. The maximum atomic E-state index is 12.0. The van der Waals surface area contributed by atoms with Crippen LogP contribution in [0.5, 0.6) is 0 Å². The quantitative estimate of drug-likeness (QED) is 0.688. The van der Waals surface area contributed by atoms with Crippen LogP contribution in [0.25, 0.3) is 10.8 Å². The molecule has 0 spiro atoms. The highest BCUT2D eigenvalue weighted by atomic mass is 79.9. The number of anilines is 1. The molecule has 0 bridgehead atoms. The molecule has 0 heterocycles. The molecule has 110 valence electrons. The Morgan fingerprint density at radius 3 is 2.55 bits per heavy atom. The van der Waals surface area contributed by atoms with Crippen LogP contribution in [0.4, 0.5) is 10.5 Å². The number of urea groups is 1. The zero-order valence-corrected chi connectivity index (χ0v) is 13.4. The molecule has 0 aliphatic heterocycles. The van der Waals surface area contributed by atoms with Crippen molar-refractivity contribution in [3.63, 3.8) is 0 Å². The third-order valence-corrected chi connectivity index (χ3v) is 3.84. The van der Waals surface area contributed by atoms with Crippen LogP contribution in [-0.4, -0.2) is 6.03 Å². The SMILES string of the molecule is O=C(NCc1cccc(Br)c1)Nc1ccc2ccccc2c1. The maximum absolute atomic E-state index is 12.0. The summed E-state index contributed by atoms with van der Waals surface area (Å²) in [5.74, 6) is 0. The molecule has 2 N–H and O–H groups in total. The second-order valence-electron chi connectivity index (χ2n) is 5.00. The van der Waals surface area contributed by atoms with Gasteiger partial charge < -0.3 is 10.6 Å². The minimum atomic E-state index is -0.213. The van der Waals surface area contributed by atoms with E-state index in [0.29, 0.717) is 6.54 Å². The molecule has 3 nitrogen and oxygen atoms in total. The molecular formula is C18H15BrN2O. The van der Waals surface area contributed by atoms with Crippen LogP contribution >= 0.6 is 15.9 Å². The number of carbonyl (C=O) groups excluding carboxylic acids is 1. The highest BCUT2D eigenvalue weighted by Gasteiger charge is 2.03. The zero-order chi connectivity index (χ0) is 15.4. The second-order valence-corrected chi connectivity index (χ2v) is 5.92. The van der Waals surface area contributed by atoms with Gasteiger partial charge in [0.15, 0.2) is 0 Å². The van der Waals surface area contributed by atoms with Crippen LogP contribution in [0.15, 0.2) is 71.2 Å². The summed E-state index contributed by atoms with van der Waals surface area (Å²) in [4.78, 5) is 12.0. The smallest absolute Gasteiger partial charge is 0.319 e. The maximum Gasteiger partial charge on any atom is 0.319 e. The van der Waals surface area contributed by atoms with Crippen molar-refractivity contribution in [2.75, 3.05) is 5.32 Å². The largest absolute Gasteiger partial charge is 0.334 e. The lowest BCUT2D eigenvalue weighted by atomic mass is 10.1. The zero-order valence-electron chi connectivity index (χ0n) is 11.8. The first-order valence-corrected chi connectivity index (χ1v) is 7.78. The van der Waals surface area contributed by atoms with Gasteiger partial charge in [0, 0.05) is 16.7 Å². The predicted octanol–water partition coefficient (Wildman–Crippen LogP) is 4.92. The molecule has 0 aliphatic rings. The van der Waals surface area contributed by atoms with Gasteiger partial charge >= 0.3 is 6.03 Å². The third kappa shape index (κ3) is 3.65. The fourth-order valence-corrected chi connectivity index (χ4v) is 2.72. The van der Waals surface area contributed by atoms with Gasteiger partial charge in [0.25, 0.3) is 0 Å². The van der Waals surface area contributed by atoms with Gasteiger partial charge in [-0.3, -0.25) is 0 Å². The van der Waals surface area contributed by atoms with Gasteiger partial charge in [-0.05, 0) is 40.6 Å². The Morgan fingerprint density at radius 1 is 0.909 bits per heavy atom. The van der Waals surface area contributed by atoms with E-state index in [4.69, 9.17) is 0 Å². The van der Waals surface area contributed by atoms with E-state index in [0.717, 1.165) is 26.5 Å². The van der Waals surface area contributed by atoms with Crippen LogP contribution in [0.1, 0.15) is 5.56 Å². The molecule has 0 unspecified atom stereocenters. The second kappa shape index (κ2) is 6.62. The summed E-state index contributed by atoms with van der Waals surface area (Å²) in [7, 11) is 0. The van der Waals surface area contributed by atoms with Crippen molar-refractivity contribution in [1.82, 2.24) is 5.32 Å². The van der Waals surface area contributed by atoms with E-state index in [1.807, 2.05) is 66.7 Å². The van der Waals surface area contributed by atoms with Crippen LogP contribution in [0.2, 0.25) is 0 Å². The fraction of sp³-hybridized carbons (Fsp3) is 0.0556. The molecule has 4 heteroatoms. The van der Waals surface area contributed by atoms with Gasteiger partial charge in [-0.2, -0.15) is 0 Å². The number of hydrogen-bond donors (Lipinski definition) is 2. The van der Waals surface area contributed by atoms with E-state index in [1.165, 1.54) is 0 Å². The molecule has 3 rings (SSSR count). The molecule has 0 saturated carbocycles. The van der Waals surface area contributed by atoms with Crippen LogP contribution in [0.3, 0.4) is 0 Å². The van der Waals surface area contributed by atoms with Gasteiger partial charge in [-0.25, -0.2) is 4.79 Å². The number of amides is 2. The number of hydrogen-bond acceptors (Lipinski definition) is 1. The summed E-state index contributed by atoms with van der Waals surface area (Å²) in [6, 6.07) is 21.6. The number of benzene rings is 3. The summed E-state index contributed by atoms with van der Waals surface area (Å²) in [6.07, 6.45) is 0. The fourth-order valence-electron chi connectivity index (χ4n) is 2.27. The Morgan fingerprint density at radius 2 is 1.73 bits per heavy atom. The lowest BCUT2D eigenvalue weighted by molar-refractivity contribution is 0.251. The van der Waals surface area contributed by atoms with Crippen molar-refractivity contribution in [2.45, 2.75) is 6.54 Å². The molecular weight excluding hydrogens is 340 g/mol. The molecule has 0 saturated heterocycles. The molecule has 0 atom stereocenters. The van der Waals surface area contributed by atoms with Crippen LogP contribution < -0.4 is 10.6 Å². The molecule has 0 aromatic heterocycles. The number of rotatable bonds is 3. The minimum absolute atomic E-state index is 0.213. The van der Waals surface area contributed by atoms with Crippen LogP contribution in [0, 0.1) is 0 Å². The Kier molecular flexibility index (Phi) is 4.39. The van der Waals surface area contributed by atoms with Crippen molar-refractivity contribution in [3.05, 3.63) is 76.8 Å². The standard InChI is InChI=1S/C18H15BrN2O/c19-16-7-3-4-13(10-16)12-20-18(22)21-17-9-8-14-5-1-2-6-15(14)11-17/h1-11H,12H2,(H2,20,21,22). The van der Waals surface area contributed by atoms with Gasteiger partial charge in [-0.15, -0.1) is 0 Å². The summed E-state index contributed by atoms with van der Waals surface area (Å²) in [6.45, 7) is 0.485. The highest BCUT2D eigenvalue weighted by Crippen LogP contribution is 2.18. The van der Waals surface area contributed by atoms with Crippen molar-refractivity contribution in [1.29, 1.82) is 0 Å². The van der Waals surface area contributed by atoms with Gasteiger partial charge in [0.1, 0.15) is 0 Å². The van der Waals surface area contributed by atoms with E-state index in [-0.39, 0.29) is 6.03 Å². The monoisotopic (exact) mass is 354 g/mol. The van der Waals surface area contributed by atoms with Crippen LogP contribution in [-0.2, 0) is 6.54 Å². The average Bonchev–Trinajstić information content (AvgIpc) is 2.53. The van der Waals surface area contributed by atoms with Crippen molar-refractivity contribution >= 4 is 38.4 Å². The van der Waals surface area contributed by atoms with E-state index in [9.17, 15) is 4.79 Å². The molecule has 3 aromatic rings. The van der Waals surface area contributed by atoms with E-state index >= 15 is 0 Å². The Hall–Kier alpha value is -2.33. The normalized spacial score (nSPS) is 10.4. The lowest BCUT2D eigenvalue weighted by Crippen LogP contribution is -2.28. The van der Waals surface area contributed by atoms with Gasteiger partial charge in [0.2, 0.25) is 0 Å². The molecule has 3 aromatic carbocycles. The average molecular weight is 355 g/mol. The first-order chi connectivity index (χ1) is 10.7. The molecule has 0 radical (unpaired) electrons. The Bertz CT molecular complexity index is 817. The first kappa shape index (κ1) is 14.6. The van der Waals surface area contributed by atoms with Crippen molar-refractivity contribution < 1.29 is 4.79 Å². The lowest BCUT2D eigenvalue weighted by Gasteiger charge is -2.09. The summed E-state index contributed by atoms with van der Waals surface area (Å²) < 4.78 is 1.00. The van der Waals surface area contributed by atoms with E-state index in [2.05, 4.69) is 26.6 Å². The van der Waals surface area contributed by atoms with E-state index < -0.39 is 0 Å². The number of nitrogens with one attached hydrogen (secondary N) is 2. The number of carbonyl (C=O) groups is 1. The molecule has 0 aliphatic carbocycles. The highest BCUT2D eigenvalue weighted by molar-refractivity contribution is 9.10. The topological polar surface area (TPSA) is 41.1 Å². The van der Waals surface area contributed by atoms with Crippen molar-refractivity contribution in [3.8, 4) is 0 Å². The third-order valence-electron chi connectivity index (χ3n) is 3.35. The predicted molar refractivity (Wildman–Crippen MR) is 93.9 cm³/mol. The molecule has 0 fully saturated rings. The van der Waals surface area contributed by atoms with Crippen molar-refractivity contribution in [2.24, 2.45) is 0 Å². The summed E-state index contributed by atoms with van der Waals surface area (Å²) in [5, 5.41) is 7.97. The minimum Gasteiger partial charge on any atom is -0.334 e. The van der Waals surface area contributed by atoms with Gasteiger partial charge in [-0.1, -0.05) is 58.4 Å². The first-order valence-electron chi connectivity index (χ1n) is 6.99.